The lowest BCUT2D eigenvalue weighted by atomic mass is 10.2. The van der Waals surface area contributed by atoms with Crippen LogP contribution in [0, 0.1) is 12.3 Å². The van der Waals surface area contributed by atoms with Gasteiger partial charge in [0.1, 0.15) is 28.5 Å². The standard InChI is InChI=1S/C20H25N3O7S2/c1-14-10-15(29-13-20(8-9-20)23(28-2)19(21)22)12-16(11-14)30-32(26,27)18-7-5-4-6-17(18)31(3,24)25/h4-7,10-12H,8-9,13H2,1-3H3,(H3,21,22). The van der Waals surface area contributed by atoms with Gasteiger partial charge in [0.25, 0.3) is 0 Å². The lowest BCUT2D eigenvalue weighted by molar-refractivity contribution is -0.118. The van der Waals surface area contributed by atoms with Crippen LogP contribution >= 0.6 is 0 Å². The average molecular weight is 484 g/mol. The van der Waals surface area contributed by atoms with E-state index in [0.29, 0.717) is 24.2 Å². The molecule has 0 unspecified atom stereocenters. The molecule has 174 valence electrons. The van der Waals surface area contributed by atoms with Crippen LogP contribution in [0.15, 0.2) is 52.3 Å². The predicted octanol–water partition coefficient (Wildman–Crippen LogP) is 1.83. The fourth-order valence-electron chi connectivity index (χ4n) is 3.30. The van der Waals surface area contributed by atoms with E-state index in [-0.39, 0.29) is 23.2 Å². The Kier molecular flexibility index (Phi) is 6.40. The Morgan fingerprint density at radius 1 is 1.09 bits per heavy atom. The van der Waals surface area contributed by atoms with E-state index >= 15 is 0 Å². The smallest absolute Gasteiger partial charge is 0.340 e. The number of aryl methyl sites for hydroxylation is 1. The van der Waals surface area contributed by atoms with Crippen molar-refractivity contribution in [1.29, 1.82) is 5.41 Å². The molecular weight excluding hydrogens is 458 g/mol. The van der Waals surface area contributed by atoms with Gasteiger partial charge < -0.3 is 14.7 Å². The van der Waals surface area contributed by atoms with Gasteiger partial charge in [-0.25, -0.2) is 13.5 Å². The van der Waals surface area contributed by atoms with E-state index in [1.807, 2.05) is 0 Å². The highest BCUT2D eigenvalue weighted by molar-refractivity contribution is 7.92. The third-order valence-corrected chi connectivity index (χ3v) is 7.51. The molecule has 1 saturated carbocycles. The molecule has 3 rings (SSSR count). The highest BCUT2D eigenvalue weighted by atomic mass is 32.2. The molecule has 3 N–H and O–H groups in total. The lowest BCUT2D eigenvalue weighted by Gasteiger charge is -2.29. The molecule has 32 heavy (non-hydrogen) atoms. The largest absolute Gasteiger partial charge is 0.491 e. The fraction of sp³-hybridized carbons (Fsp3) is 0.350. The molecule has 0 aromatic heterocycles. The van der Waals surface area contributed by atoms with E-state index in [2.05, 4.69) is 0 Å². The summed E-state index contributed by atoms with van der Waals surface area (Å²) in [5.41, 5.74) is 5.66. The second-order valence-corrected chi connectivity index (χ2v) is 11.1. The van der Waals surface area contributed by atoms with Crippen LogP contribution in [0.3, 0.4) is 0 Å². The molecule has 12 heteroatoms. The molecule has 0 radical (unpaired) electrons. The first-order valence-electron chi connectivity index (χ1n) is 9.54. The molecule has 0 saturated heterocycles. The molecule has 0 spiro atoms. The number of nitrogens with zero attached hydrogens (tertiary/aromatic N) is 1. The van der Waals surface area contributed by atoms with Crippen LogP contribution in [-0.4, -0.2) is 53.4 Å². The lowest BCUT2D eigenvalue weighted by Crippen LogP contribution is -2.48. The Balaban J connectivity index is 1.84. The molecule has 1 aliphatic carbocycles. The molecule has 0 atom stereocenters. The molecular formula is C20H25N3O7S2. The Bertz CT molecular complexity index is 1240. The molecule has 10 nitrogen and oxygen atoms in total. The minimum atomic E-state index is -4.43. The summed E-state index contributed by atoms with van der Waals surface area (Å²) in [6, 6.07) is 9.84. The molecule has 0 heterocycles. The van der Waals surface area contributed by atoms with Crippen LogP contribution < -0.4 is 14.7 Å². The second kappa shape index (κ2) is 8.60. The highest BCUT2D eigenvalue weighted by Gasteiger charge is 2.51. The number of nitrogens with one attached hydrogen (secondary N) is 1. The molecule has 1 aliphatic rings. The highest BCUT2D eigenvalue weighted by Crippen LogP contribution is 2.42. The maximum absolute atomic E-state index is 12.8. The molecule has 0 bridgehead atoms. The summed E-state index contributed by atoms with van der Waals surface area (Å²) >= 11 is 0. The summed E-state index contributed by atoms with van der Waals surface area (Å²) in [4.78, 5) is 4.39. The van der Waals surface area contributed by atoms with E-state index in [4.69, 9.17) is 24.9 Å². The monoisotopic (exact) mass is 483 g/mol. The van der Waals surface area contributed by atoms with E-state index in [1.54, 1.807) is 13.0 Å². The van der Waals surface area contributed by atoms with Gasteiger partial charge in [0, 0.05) is 12.3 Å². The number of sulfone groups is 1. The maximum Gasteiger partial charge on any atom is 0.340 e. The first-order valence-corrected chi connectivity index (χ1v) is 12.8. The van der Waals surface area contributed by atoms with Crippen molar-refractivity contribution in [3.8, 4) is 11.5 Å². The van der Waals surface area contributed by atoms with Crippen LogP contribution in [0.1, 0.15) is 18.4 Å². The maximum atomic E-state index is 12.8. The van der Waals surface area contributed by atoms with Crippen molar-refractivity contribution in [2.75, 3.05) is 20.0 Å². The zero-order chi connectivity index (χ0) is 23.7. The number of hydroxylamine groups is 2. The molecule has 1 fully saturated rings. The van der Waals surface area contributed by atoms with Gasteiger partial charge in [-0.3, -0.25) is 10.2 Å². The topological polar surface area (TPSA) is 149 Å². The van der Waals surface area contributed by atoms with Gasteiger partial charge in [-0.2, -0.15) is 8.42 Å². The van der Waals surface area contributed by atoms with Crippen molar-refractivity contribution >= 4 is 25.9 Å². The normalized spacial score (nSPS) is 15.1. The molecule has 2 aromatic carbocycles. The van der Waals surface area contributed by atoms with Crippen molar-refractivity contribution in [2.45, 2.75) is 35.1 Å². The zero-order valence-corrected chi connectivity index (χ0v) is 19.5. The first kappa shape index (κ1) is 23.8. The Morgan fingerprint density at radius 3 is 2.22 bits per heavy atom. The quantitative estimate of drug-likeness (QED) is 0.236. The van der Waals surface area contributed by atoms with Gasteiger partial charge in [-0.1, -0.05) is 12.1 Å². The van der Waals surface area contributed by atoms with Gasteiger partial charge in [0.05, 0.1) is 12.0 Å². The van der Waals surface area contributed by atoms with Crippen molar-refractivity contribution < 1.29 is 30.6 Å². The molecule has 0 aliphatic heterocycles. The van der Waals surface area contributed by atoms with Gasteiger partial charge in [-0.15, -0.1) is 0 Å². The number of hydrogen-bond acceptors (Lipinski definition) is 8. The van der Waals surface area contributed by atoms with Crippen molar-refractivity contribution in [3.05, 3.63) is 48.0 Å². The van der Waals surface area contributed by atoms with Gasteiger partial charge >= 0.3 is 10.1 Å². The van der Waals surface area contributed by atoms with Crippen LogP contribution in [0.2, 0.25) is 0 Å². The molecule has 2 aromatic rings. The first-order chi connectivity index (χ1) is 14.9. The van der Waals surface area contributed by atoms with E-state index in [0.717, 1.165) is 6.26 Å². The van der Waals surface area contributed by atoms with Gasteiger partial charge in [0.2, 0.25) is 5.96 Å². The number of ether oxygens (including phenoxy) is 1. The van der Waals surface area contributed by atoms with Crippen LogP contribution in [0.4, 0.5) is 0 Å². The third-order valence-electron chi connectivity index (χ3n) is 4.92. The second-order valence-electron chi connectivity index (χ2n) is 7.61. The van der Waals surface area contributed by atoms with E-state index in [9.17, 15) is 16.8 Å². The summed E-state index contributed by atoms with van der Waals surface area (Å²) in [6.07, 6.45) is 2.36. The summed E-state index contributed by atoms with van der Waals surface area (Å²) in [7, 11) is -6.80. The number of nitrogens with two attached hydrogens (primary N) is 1. The third kappa shape index (κ3) is 5.14. The zero-order valence-electron chi connectivity index (χ0n) is 17.9. The summed E-state index contributed by atoms with van der Waals surface area (Å²) in [5.74, 6) is 0.0818. The Hall–Kier alpha value is -2.83. The number of benzene rings is 2. The average Bonchev–Trinajstić information content (AvgIpc) is 3.46. The summed E-state index contributed by atoms with van der Waals surface area (Å²) in [6.45, 7) is 1.90. The van der Waals surface area contributed by atoms with Crippen molar-refractivity contribution in [2.24, 2.45) is 5.73 Å². The van der Waals surface area contributed by atoms with Crippen LogP contribution in [-0.2, 0) is 24.8 Å². The fourth-order valence-corrected chi connectivity index (χ4v) is 5.81. The Labute approximate surface area is 187 Å². The van der Waals surface area contributed by atoms with Crippen molar-refractivity contribution in [3.63, 3.8) is 0 Å². The number of rotatable bonds is 9. The molecule has 0 amide bonds. The van der Waals surface area contributed by atoms with Gasteiger partial charge in [0.15, 0.2) is 9.84 Å². The number of hydrogen-bond donors (Lipinski definition) is 2. The van der Waals surface area contributed by atoms with Gasteiger partial charge in [-0.05, 0) is 49.6 Å². The predicted molar refractivity (Wildman–Crippen MR) is 117 cm³/mol. The summed E-state index contributed by atoms with van der Waals surface area (Å²) < 4.78 is 60.7. The Morgan fingerprint density at radius 2 is 1.69 bits per heavy atom. The van der Waals surface area contributed by atoms with Crippen molar-refractivity contribution in [1.82, 2.24) is 5.06 Å². The van der Waals surface area contributed by atoms with Crippen LogP contribution in [0.25, 0.3) is 0 Å². The van der Waals surface area contributed by atoms with E-state index in [1.165, 1.54) is 48.6 Å². The SMILES string of the molecule is CON(C(=N)N)C1(COc2cc(C)cc(OS(=O)(=O)c3ccccc3S(C)(=O)=O)c2)CC1. The van der Waals surface area contributed by atoms with E-state index < -0.39 is 30.4 Å². The number of guanidine groups is 1. The minimum Gasteiger partial charge on any atom is -0.491 e. The summed E-state index contributed by atoms with van der Waals surface area (Å²) in [5, 5.41) is 8.92. The van der Waals surface area contributed by atoms with Crippen LogP contribution in [0.5, 0.6) is 11.5 Å². The minimum absolute atomic E-state index is 0.0247.